The molecule has 0 saturated heterocycles. The van der Waals surface area contributed by atoms with E-state index in [2.05, 4.69) is 16.0 Å². The van der Waals surface area contributed by atoms with E-state index in [9.17, 15) is 14.4 Å². The van der Waals surface area contributed by atoms with Gasteiger partial charge in [-0.2, -0.15) is 0 Å². The molecule has 8 nitrogen and oxygen atoms in total. The van der Waals surface area contributed by atoms with Gasteiger partial charge in [0.2, 0.25) is 5.91 Å². The molecule has 1 amide bonds. The van der Waals surface area contributed by atoms with Crippen molar-refractivity contribution < 1.29 is 19.1 Å². The van der Waals surface area contributed by atoms with Crippen LogP contribution >= 0.6 is 22.6 Å². The number of carbonyl (C=O) groups excluding carboxylic acids is 3. The lowest BCUT2D eigenvalue weighted by atomic mass is 9.92. The third-order valence-corrected chi connectivity index (χ3v) is 6.03. The molecule has 0 aliphatic heterocycles. The minimum Gasteiger partial charge on any atom is -0.453 e. The normalized spacial score (nSPS) is 13.5. The van der Waals surface area contributed by atoms with Crippen molar-refractivity contribution in [3.8, 4) is 0 Å². The molecule has 0 spiro atoms. The van der Waals surface area contributed by atoms with E-state index in [4.69, 9.17) is 10.5 Å². The number of unbranched alkanes of at least 4 members (excludes halogenated alkanes) is 1. The van der Waals surface area contributed by atoms with Crippen LogP contribution in [0.2, 0.25) is 0 Å². The van der Waals surface area contributed by atoms with Gasteiger partial charge in [0.1, 0.15) is 18.4 Å². The third kappa shape index (κ3) is 10.6. The first-order valence-corrected chi connectivity index (χ1v) is 13.3. The Morgan fingerprint density at radius 3 is 2.33 bits per heavy atom. The summed E-state index contributed by atoms with van der Waals surface area (Å²) < 4.78 is 4.64. The fourth-order valence-corrected chi connectivity index (χ4v) is 4.00. The lowest BCUT2D eigenvalue weighted by Crippen LogP contribution is -2.60. The van der Waals surface area contributed by atoms with Crippen LogP contribution in [0.4, 0.5) is 10.5 Å². The van der Waals surface area contributed by atoms with Crippen LogP contribution in [-0.2, 0) is 27.4 Å². The fraction of sp³-hybridized carbons (Fsp3) is 0.444. The van der Waals surface area contributed by atoms with Gasteiger partial charge in [-0.05, 0) is 55.5 Å². The van der Waals surface area contributed by atoms with Crippen molar-refractivity contribution in [2.45, 2.75) is 63.8 Å². The zero-order valence-electron chi connectivity index (χ0n) is 21.0. The summed E-state index contributed by atoms with van der Waals surface area (Å²) in [5.41, 5.74) is 7.28. The average Bonchev–Trinajstić information content (AvgIpc) is 2.86. The van der Waals surface area contributed by atoms with E-state index in [0.717, 1.165) is 29.5 Å². The summed E-state index contributed by atoms with van der Waals surface area (Å²) in [4.78, 5) is 36.9. The molecule has 2 aromatic carbocycles. The van der Waals surface area contributed by atoms with Crippen molar-refractivity contribution in [2.24, 2.45) is 5.73 Å². The molecule has 0 aliphatic carbocycles. The van der Waals surface area contributed by atoms with Gasteiger partial charge in [0.25, 0.3) is 0 Å². The van der Waals surface area contributed by atoms with Crippen LogP contribution < -0.4 is 21.7 Å². The molecule has 0 fully saturated rings. The zero-order chi connectivity index (χ0) is 26.4. The topological polar surface area (TPSA) is 123 Å². The Balaban J connectivity index is 2.15. The highest BCUT2D eigenvalue weighted by Crippen LogP contribution is 2.17. The molecule has 36 heavy (non-hydrogen) atoms. The molecular weight excluding hydrogens is 571 g/mol. The summed E-state index contributed by atoms with van der Waals surface area (Å²) in [5, 5.41) is 9.67. The SMILES string of the molecule is CC(C)N[C@@H](Cc1ccccc1)C(=O)N[C@](C=O)(CCCCN)CNc1ccc(COC(=O)I)cc1. The van der Waals surface area contributed by atoms with Gasteiger partial charge in [-0.25, -0.2) is 4.79 Å². The number of anilines is 1. The van der Waals surface area contributed by atoms with Crippen LogP contribution in [0.25, 0.3) is 0 Å². The van der Waals surface area contributed by atoms with Gasteiger partial charge >= 0.3 is 3.98 Å². The van der Waals surface area contributed by atoms with E-state index in [1.165, 1.54) is 0 Å². The number of hydrogen-bond donors (Lipinski definition) is 4. The summed E-state index contributed by atoms with van der Waals surface area (Å²) in [6.07, 6.45) is 3.28. The number of halogens is 1. The van der Waals surface area contributed by atoms with E-state index in [1.54, 1.807) is 22.6 Å². The molecule has 2 rings (SSSR count). The Labute approximate surface area is 227 Å². The number of nitrogens with one attached hydrogen (secondary N) is 3. The minimum atomic E-state index is -1.09. The number of carbonyl (C=O) groups is 3. The molecule has 0 heterocycles. The number of nitrogens with two attached hydrogens (primary N) is 1. The molecule has 5 N–H and O–H groups in total. The maximum absolute atomic E-state index is 13.4. The van der Waals surface area contributed by atoms with E-state index in [0.29, 0.717) is 25.8 Å². The Hall–Kier alpha value is -2.50. The Kier molecular flexibility index (Phi) is 12.9. The molecule has 0 aromatic heterocycles. The minimum absolute atomic E-state index is 0.0930. The second-order valence-electron chi connectivity index (χ2n) is 9.15. The zero-order valence-corrected chi connectivity index (χ0v) is 23.1. The number of ether oxygens (including phenoxy) is 1. The van der Waals surface area contributed by atoms with Gasteiger partial charge in [-0.15, -0.1) is 0 Å². The lowest BCUT2D eigenvalue weighted by Gasteiger charge is -2.32. The maximum Gasteiger partial charge on any atom is 0.367 e. The average molecular weight is 609 g/mol. The van der Waals surface area contributed by atoms with Gasteiger partial charge in [-0.1, -0.05) is 56.3 Å². The predicted molar refractivity (Wildman–Crippen MR) is 151 cm³/mol. The number of amides is 1. The van der Waals surface area contributed by atoms with Gasteiger partial charge in [0, 0.05) is 18.3 Å². The largest absolute Gasteiger partial charge is 0.453 e. The number of aldehydes is 1. The molecule has 0 aliphatic rings. The predicted octanol–water partition coefficient (Wildman–Crippen LogP) is 3.96. The lowest BCUT2D eigenvalue weighted by molar-refractivity contribution is -0.128. The summed E-state index contributed by atoms with van der Waals surface area (Å²) in [5.74, 6) is -0.217. The van der Waals surface area contributed by atoms with E-state index in [-0.39, 0.29) is 29.1 Å². The second-order valence-corrected chi connectivity index (χ2v) is 10.0. The van der Waals surface area contributed by atoms with Crippen LogP contribution in [0.1, 0.15) is 44.2 Å². The first-order valence-electron chi connectivity index (χ1n) is 12.2. The van der Waals surface area contributed by atoms with Gasteiger partial charge in [0.05, 0.1) is 28.6 Å². The first kappa shape index (κ1) is 29.7. The second kappa shape index (κ2) is 15.6. The summed E-state index contributed by atoms with van der Waals surface area (Å²) in [7, 11) is 0. The standard InChI is InChI=1S/C27H37IN4O4/c1-20(2)31-24(16-21-8-4-3-5-9-21)25(34)32-27(19-33,14-6-7-15-29)18-30-23-12-10-22(11-13-23)17-36-26(28)35/h3-5,8-13,19-20,24,30-31H,6-7,14-18,29H2,1-2H3,(H,32,34)/t24-,27+/m0/s1. The number of benzene rings is 2. The highest BCUT2D eigenvalue weighted by atomic mass is 127. The van der Waals surface area contributed by atoms with E-state index >= 15 is 0 Å². The van der Waals surface area contributed by atoms with E-state index < -0.39 is 11.6 Å². The van der Waals surface area contributed by atoms with E-state index in [1.807, 2.05) is 68.4 Å². The number of rotatable bonds is 16. The van der Waals surface area contributed by atoms with Crippen molar-refractivity contribution in [1.82, 2.24) is 10.6 Å². The fourth-order valence-electron chi connectivity index (χ4n) is 3.84. The summed E-state index contributed by atoms with van der Waals surface area (Å²) in [6, 6.07) is 16.8. The smallest absolute Gasteiger partial charge is 0.367 e. The quantitative estimate of drug-likeness (QED) is 0.0985. The Bertz CT molecular complexity index is 956. The molecule has 0 unspecified atom stereocenters. The van der Waals surface area contributed by atoms with Crippen LogP contribution in [0.15, 0.2) is 54.6 Å². The van der Waals surface area contributed by atoms with Gasteiger partial charge < -0.3 is 31.2 Å². The molecule has 9 heteroatoms. The van der Waals surface area contributed by atoms with Crippen molar-refractivity contribution in [3.63, 3.8) is 0 Å². The van der Waals surface area contributed by atoms with Gasteiger partial charge in [0.15, 0.2) is 0 Å². The first-order chi connectivity index (χ1) is 17.3. The highest BCUT2D eigenvalue weighted by Gasteiger charge is 2.34. The van der Waals surface area contributed by atoms with Crippen molar-refractivity contribution in [1.29, 1.82) is 0 Å². The highest BCUT2D eigenvalue weighted by molar-refractivity contribution is 14.1. The molecule has 0 bridgehead atoms. The molecular formula is C27H37IN4O4. The molecule has 0 radical (unpaired) electrons. The Morgan fingerprint density at radius 2 is 1.75 bits per heavy atom. The van der Waals surface area contributed by atoms with Crippen LogP contribution in [0, 0.1) is 0 Å². The monoisotopic (exact) mass is 608 g/mol. The van der Waals surface area contributed by atoms with Crippen molar-refractivity contribution in [2.75, 3.05) is 18.4 Å². The molecule has 2 aromatic rings. The van der Waals surface area contributed by atoms with Crippen molar-refractivity contribution >= 4 is 44.4 Å². The third-order valence-electron chi connectivity index (χ3n) is 5.72. The van der Waals surface area contributed by atoms with Crippen LogP contribution in [0.3, 0.4) is 0 Å². The Morgan fingerprint density at radius 1 is 1.06 bits per heavy atom. The van der Waals surface area contributed by atoms with Crippen molar-refractivity contribution in [3.05, 3.63) is 65.7 Å². The summed E-state index contributed by atoms with van der Waals surface area (Å²) >= 11 is 1.59. The molecule has 0 saturated carbocycles. The summed E-state index contributed by atoms with van der Waals surface area (Å²) in [6.45, 7) is 4.93. The van der Waals surface area contributed by atoms with Crippen LogP contribution in [0.5, 0.6) is 0 Å². The van der Waals surface area contributed by atoms with Crippen LogP contribution in [-0.4, -0.2) is 46.9 Å². The molecule has 2 atom stereocenters. The molecule has 196 valence electrons. The van der Waals surface area contributed by atoms with Gasteiger partial charge in [-0.3, -0.25) is 4.79 Å². The number of hydrogen-bond acceptors (Lipinski definition) is 7. The maximum atomic E-state index is 13.4.